The molecule has 5 heteroatoms. The van der Waals surface area contributed by atoms with Crippen molar-refractivity contribution in [2.24, 2.45) is 11.8 Å². The topological polar surface area (TPSA) is 64.3 Å². The molecule has 1 aromatic rings. The van der Waals surface area contributed by atoms with Gasteiger partial charge in [-0.1, -0.05) is 26.2 Å². The second kappa shape index (κ2) is 7.03. The van der Waals surface area contributed by atoms with Crippen LogP contribution >= 0.6 is 11.3 Å². The van der Waals surface area contributed by atoms with Crippen LogP contribution in [-0.4, -0.2) is 12.0 Å². The quantitative estimate of drug-likeness (QED) is 0.496. The second-order valence-electron chi connectivity index (χ2n) is 5.04. The van der Waals surface area contributed by atoms with E-state index >= 15 is 0 Å². The van der Waals surface area contributed by atoms with Gasteiger partial charge in [0.2, 0.25) is 0 Å². The van der Waals surface area contributed by atoms with Gasteiger partial charge in [0.15, 0.2) is 0 Å². The van der Waals surface area contributed by atoms with Crippen LogP contribution in [0.25, 0.3) is 0 Å². The molecule has 0 aliphatic heterocycles. The molecule has 106 valence electrons. The van der Waals surface area contributed by atoms with Gasteiger partial charge >= 0.3 is 0 Å². The first-order valence-corrected chi connectivity index (χ1v) is 7.77. The van der Waals surface area contributed by atoms with Crippen LogP contribution in [0.5, 0.6) is 0 Å². The Labute approximate surface area is 118 Å². The van der Waals surface area contributed by atoms with Crippen molar-refractivity contribution in [1.82, 2.24) is 5.43 Å². The van der Waals surface area contributed by atoms with E-state index < -0.39 is 0 Å². The van der Waals surface area contributed by atoms with Crippen molar-refractivity contribution in [2.75, 3.05) is 0 Å². The molecule has 4 nitrogen and oxygen atoms in total. The number of amides is 1. The Morgan fingerprint density at radius 2 is 2.26 bits per heavy atom. The molecule has 0 saturated heterocycles. The van der Waals surface area contributed by atoms with Gasteiger partial charge in [-0.25, -0.2) is 5.84 Å². The minimum Gasteiger partial charge on any atom is -0.372 e. The number of ether oxygens (including phenoxy) is 1. The molecule has 2 atom stereocenters. The highest BCUT2D eigenvalue weighted by molar-refractivity contribution is 7.14. The summed E-state index contributed by atoms with van der Waals surface area (Å²) in [6.45, 7) is 2.84. The van der Waals surface area contributed by atoms with Crippen molar-refractivity contribution in [3.05, 3.63) is 21.9 Å². The number of nitrogens with one attached hydrogen (secondary N) is 1. The lowest BCUT2D eigenvalue weighted by molar-refractivity contribution is -0.0211. The standard InChI is InChI=1S/C14H22N2O2S/c1-2-10-5-3-4-6-12(10)18-9-11-7-8-13(19-11)14(17)16-15/h7-8,10,12H,2-6,9,15H2,1H3,(H,16,17). The maximum absolute atomic E-state index is 11.4. The maximum Gasteiger partial charge on any atom is 0.275 e. The van der Waals surface area contributed by atoms with Crippen molar-refractivity contribution in [2.45, 2.75) is 51.7 Å². The minimum absolute atomic E-state index is 0.236. The van der Waals surface area contributed by atoms with Crippen LogP contribution in [0, 0.1) is 5.92 Å². The van der Waals surface area contributed by atoms with Crippen molar-refractivity contribution in [1.29, 1.82) is 0 Å². The van der Waals surface area contributed by atoms with E-state index in [0.29, 0.717) is 23.5 Å². The van der Waals surface area contributed by atoms with E-state index in [2.05, 4.69) is 12.3 Å². The Kier molecular flexibility index (Phi) is 5.36. The minimum atomic E-state index is -0.236. The summed E-state index contributed by atoms with van der Waals surface area (Å²) in [7, 11) is 0. The Bertz CT molecular complexity index is 419. The Morgan fingerprint density at radius 1 is 1.47 bits per heavy atom. The van der Waals surface area contributed by atoms with Crippen LogP contribution < -0.4 is 11.3 Å². The Hall–Kier alpha value is -0.910. The molecule has 1 saturated carbocycles. The van der Waals surface area contributed by atoms with Gasteiger partial charge in [-0.05, 0) is 30.9 Å². The van der Waals surface area contributed by atoms with Gasteiger partial charge in [0.05, 0.1) is 17.6 Å². The molecule has 1 heterocycles. The number of nitrogens with two attached hydrogens (primary N) is 1. The van der Waals surface area contributed by atoms with Gasteiger partial charge in [-0.3, -0.25) is 10.2 Å². The molecule has 2 rings (SSSR count). The van der Waals surface area contributed by atoms with E-state index in [4.69, 9.17) is 10.6 Å². The van der Waals surface area contributed by atoms with Gasteiger partial charge in [-0.15, -0.1) is 11.3 Å². The summed E-state index contributed by atoms with van der Waals surface area (Å²) in [5.41, 5.74) is 2.15. The molecular formula is C14H22N2O2S. The second-order valence-corrected chi connectivity index (χ2v) is 6.21. The molecule has 1 aromatic heterocycles. The van der Waals surface area contributed by atoms with Crippen LogP contribution in [-0.2, 0) is 11.3 Å². The predicted octanol–water partition coefficient (Wildman–Crippen LogP) is 2.84. The van der Waals surface area contributed by atoms with Crippen molar-refractivity contribution in [3.8, 4) is 0 Å². The first kappa shape index (κ1) is 14.5. The summed E-state index contributed by atoms with van der Waals surface area (Å²) in [4.78, 5) is 13.1. The van der Waals surface area contributed by atoms with Gasteiger partial charge in [0, 0.05) is 4.88 Å². The number of thiophene rings is 1. The fourth-order valence-electron chi connectivity index (χ4n) is 2.70. The van der Waals surface area contributed by atoms with E-state index in [1.165, 1.54) is 43.4 Å². The van der Waals surface area contributed by atoms with E-state index in [0.717, 1.165) is 4.88 Å². The number of nitrogen functional groups attached to an aromatic ring is 1. The van der Waals surface area contributed by atoms with Gasteiger partial charge in [0.1, 0.15) is 0 Å². The van der Waals surface area contributed by atoms with E-state index in [1.54, 1.807) is 6.07 Å². The largest absolute Gasteiger partial charge is 0.372 e. The number of hydrogen-bond donors (Lipinski definition) is 2. The Morgan fingerprint density at radius 3 is 3.00 bits per heavy atom. The summed E-state index contributed by atoms with van der Waals surface area (Å²) in [6, 6.07) is 3.74. The lowest BCUT2D eigenvalue weighted by Crippen LogP contribution is -2.29. The van der Waals surface area contributed by atoms with Crippen LogP contribution in [0.3, 0.4) is 0 Å². The van der Waals surface area contributed by atoms with E-state index in [-0.39, 0.29) is 5.91 Å². The first-order valence-electron chi connectivity index (χ1n) is 6.95. The van der Waals surface area contributed by atoms with Crippen molar-refractivity contribution >= 4 is 17.2 Å². The number of carbonyl (C=O) groups excluding carboxylic acids is 1. The summed E-state index contributed by atoms with van der Waals surface area (Å²) in [5, 5.41) is 0. The third-order valence-corrected chi connectivity index (χ3v) is 4.88. The molecule has 0 aromatic carbocycles. The third-order valence-electron chi connectivity index (χ3n) is 3.82. The SMILES string of the molecule is CCC1CCCCC1OCc1ccc(C(=O)NN)s1. The summed E-state index contributed by atoms with van der Waals surface area (Å²) >= 11 is 1.45. The number of hydrogen-bond acceptors (Lipinski definition) is 4. The zero-order valence-electron chi connectivity index (χ0n) is 11.4. The highest BCUT2D eigenvalue weighted by atomic mass is 32.1. The molecule has 0 radical (unpaired) electrons. The third kappa shape index (κ3) is 3.78. The first-order chi connectivity index (χ1) is 9.24. The molecule has 1 amide bonds. The maximum atomic E-state index is 11.4. The van der Waals surface area contributed by atoms with Crippen molar-refractivity contribution < 1.29 is 9.53 Å². The van der Waals surface area contributed by atoms with Gasteiger partial charge in [0.25, 0.3) is 5.91 Å². The molecule has 2 unspecified atom stereocenters. The predicted molar refractivity (Wildman–Crippen MR) is 76.8 cm³/mol. The van der Waals surface area contributed by atoms with Crippen LogP contribution in [0.4, 0.5) is 0 Å². The summed E-state index contributed by atoms with van der Waals surface area (Å²) < 4.78 is 6.05. The average molecular weight is 282 g/mol. The summed E-state index contributed by atoms with van der Waals surface area (Å²) in [6.07, 6.45) is 6.63. The normalized spacial score (nSPS) is 23.3. The molecule has 0 bridgehead atoms. The number of rotatable bonds is 5. The monoisotopic (exact) mass is 282 g/mol. The molecule has 0 spiro atoms. The summed E-state index contributed by atoms with van der Waals surface area (Å²) in [5.74, 6) is 5.58. The zero-order valence-corrected chi connectivity index (χ0v) is 12.2. The molecule has 19 heavy (non-hydrogen) atoms. The average Bonchev–Trinajstić information content (AvgIpc) is 2.93. The van der Waals surface area contributed by atoms with Gasteiger partial charge < -0.3 is 4.74 Å². The van der Waals surface area contributed by atoms with Crippen LogP contribution in [0.2, 0.25) is 0 Å². The smallest absolute Gasteiger partial charge is 0.275 e. The molecular weight excluding hydrogens is 260 g/mol. The Balaban J connectivity index is 1.87. The number of carbonyl (C=O) groups is 1. The molecule has 1 aliphatic carbocycles. The highest BCUT2D eigenvalue weighted by Gasteiger charge is 2.24. The number of hydrazine groups is 1. The molecule has 1 aliphatic rings. The molecule has 3 N–H and O–H groups in total. The lowest BCUT2D eigenvalue weighted by Gasteiger charge is -2.30. The highest BCUT2D eigenvalue weighted by Crippen LogP contribution is 2.30. The molecule has 1 fully saturated rings. The zero-order chi connectivity index (χ0) is 13.7. The fraction of sp³-hybridized carbons (Fsp3) is 0.643. The van der Waals surface area contributed by atoms with Gasteiger partial charge in [-0.2, -0.15) is 0 Å². The fourth-order valence-corrected chi connectivity index (χ4v) is 3.53. The van der Waals surface area contributed by atoms with E-state index in [9.17, 15) is 4.79 Å². The van der Waals surface area contributed by atoms with E-state index in [1.807, 2.05) is 6.07 Å². The van der Waals surface area contributed by atoms with Crippen molar-refractivity contribution in [3.63, 3.8) is 0 Å². The van der Waals surface area contributed by atoms with Crippen LogP contribution in [0.15, 0.2) is 12.1 Å². The lowest BCUT2D eigenvalue weighted by atomic mass is 9.85. The van der Waals surface area contributed by atoms with Crippen LogP contribution in [0.1, 0.15) is 53.6 Å².